The number of aliphatic carboxylic acids is 1. The van der Waals surface area contributed by atoms with Crippen LogP contribution >= 0.6 is 0 Å². The Balaban J connectivity index is 3.96. The van der Waals surface area contributed by atoms with E-state index < -0.39 is 16.0 Å². The molecule has 0 aromatic heterocycles. The summed E-state index contributed by atoms with van der Waals surface area (Å²) in [5.74, 6) is -1.44. The topological polar surface area (TPSA) is 83.5 Å². The second-order valence-electron chi connectivity index (χ2n) is 3.62. The van der Waals surface area contributed by atoms with Gasteiger partial charge in [-0.05, 0) is 13.3 Å². The Kier molecular flexibility index (Phi) is 6.51. The van der Waals surface area contributed by atoms with Crippen molar-refractivity contribution in [2.24, 2.45) is 0 Å². The second-order valence-corrected chi connectivity index (χ2v) is 5.50. The highest BCUT2D eigenvalue weighted by Gasteiger charge is 2.15. The number of rotatable bonds is 8. The van der Waals surface area contributed by atoms with Gasteiger partial charge in [-0.3, -0.25) is 4.79 Å². The third-order valence-corrected chi connectivity index (χ3v) is 3.46. The van der Waals surface area contributed by atoms with Gasteiger partial charge in [0.1, 0.15) is 0 Å². The molecule has 90 valence electrons. The smallest absolute Gasteiger partial charge is 0.304 e. The third kappa shape index (κ3) is 8.38. The molecule has 15 heavy (non-hydrogen) atoms. The molecule has 0 aliphatic heterocycles. The van der Waals surface area contributed by atoms with Crippen LogP contribution < -0.4 is 4.72 Å². The average Bonchev–Trinajstić information content (AvgIpc) is 2.11. The van der Waals surface area contributed by atoms with Crippen LogP contribution in [0.15, 0.2) is 0 Å². The van der Waals surface area contributed by atoms with Gasteiger partial charge in [0.2, 0.25) is 10.0 Å². The number of hydrogen-bond acceptors (Lipinski definition) is 3. The molecule has 1 atom stereocenters. The van der Waals surface area contributed by atoms with Crippen molar-refractivity contribution >= 4 is 16.0 Å². The lowest BCUT2D eigenvalue weighted by Crippen LogP contribution is -2.34. The number of hydrogen-bond donors (Lipinski definition) is 2. The highest BCUT2D eigenvalue weighted by Crippen LogP contribution is 2.02. The van der Waals surface area contributed by atoms with E-state index in [9.17, 15) is 13.2 Å². The lowest BCUT2D eigenvalue weighted by Gasteiger charge is -2.12. The van der Waals surface area contributed by atoms with Crippen LogP contribution in [0.4, 0.5) is 0 Å². The maximum absolute atomic E-state index is 11.3. The van der Waals surface area contributed by atoms with Gasteiger partial charge in [-0.15, -0.1) is 0 Å². The minimum absolute atomic E-state index is 0.122. The predicted molar refractivity (Wildman–Crippen MR) is 58.2 cm³/mol. The van der Waals surface area contributed by atoms with Crippen molar-refractivity contribution in [1.29, 1.82) is 0 Å². The van der Waals surface area contributed by atoms with Crippen LogP contribution in [0.25, 0.3) is 0 Å². The van der Waals surface area contributed by atoms with Crippen molar-refractivity contribution < 1.29 is 18.3 Å². The maximum Gasteiger partial charge on any atom is 0.304 e. The number of carboxylic acid groups (broad SMARTS) is 1. The SMILES string of the molecule is CCCCC(C)NS(=O)(=O)CCC(=O)O. The number of nitrogens with one attached hydrogen (secondary N) is 1. The molecule has 0 saturated heterocycles. The highest BCUT2D eigenvalue weighted by atomic mass is 32.2. The molecule has 0 rings (SSSR count). The van der Waals surface area contributed by atoms with E-state index in [0.29, 0.717) is 0 Å². The molecule has 5 nitrogen and oxygen atoms in total. The van der Waals surface area contributed by atoms with E-state index in [0.717, 1.165) is 19.3 Å². The van der Waals surface area contributed by atoms with E-state index >= 15 is 0 Å². The standard InChI is InChI=1S/C9H19NO4S/c1-3-4-5-8(2)10-15(13,14)7-6-9(11)12/h8,10H,3-7H2,1-2H3,(H,11,12). The molecule has 0 amide bonds. The van der Waals surface area contributed by atoms with E-state index in [4.69, 9.17) is 5.11 Å². The fourth-order valence-electron chi connectivity index (χ4n) is 1.16. The van der Waals surface area contributed by atoms with E-state index in [2.05, 4.69) is 4.72 Å². The fourth-order valence-corrected chi connectivity index (χ4v) is 2.45. The molecule has 6 heteroatoms. The Morgan fingerprint density at radius 3 is 2.53 bits per heavy atom. The first-order chi connectivity index (χ1) is 6.87. The first-order valence-electron chi connectivity index (χ1n) is 5.09. The quantitative estimate of drug-likeness (QED) is 0.658. The van der Waals surface area contributed by atoms with Gasteiger partial charge in [0, 0.05) is 6.04 Å². The van der Waals surface area contributed by atoms with Crippen molar-refractivity contribution in [2.75, 3.05) is 5.75 Å². The van der Waals surface area contributed by atoms with Crippen LogP contribution in [0.2, 0.25) is 0 Å². The van der Waals surface area contributed by atoms with Crippen LogP contribution in [0.1, 0.15) is 39.5 Å². The molecule has 0 fully saturated rings. The molecule has 0 heterocycles. The van der Waals surface area contributed by atoms with Gasteiger partial charge in [0.25, 0.3) is 0 Å². The number of unbranched alkanes of at least 4 members (excludes halogenated alkanes) is 1. The van der Waals surface area contributed by atoms with Gasteiger partial charge in [0.05, 0.1) is 12.2 Å². The van der Waals surface area contributed by atoms with Crippen molar-refractivity contribution in [2.45, 2.75) is 45.6 Å². The predicted octanol–water partition coefficient (Wildman–Crippen LogP) is 0.959. The van der Waals surface area contributed by atoms with E-state index in [1.54, 1.807) is 6.92 Å². The summed E-state index contributed by atoms with van der Waals surface area (Å²) < 4.78 is 25.1. The van der Waals surface area contributed by atoms with E-state index in [1.807, 2.05) is 6.92 Å². The molecule has 1 unspecified atom stereocenters. The highest BCUT2D eigenvalue weighted by molar-refractivity contribution is 7.89. The fraction of sp³-hybridized carbons (Fsp3) is 0.889. The van der Waals surface area contributed by atoms with Crippen LogP contribution in [-0.4, -0.2) is 31.3 Å². The normalized spacial score (nSPS) is 13.7. The van der Waals surface area contributed by atoms with Gasteiger partial charge in [-0.25, -0.2) is 13.1 Å². The van der Waals surface area contributed by atoms with Crippen molar-refractivity contribution in [3.05, 3.63) is 0 Å². The Labute approximate surface area is 90.9 Å². The summed E-state index contributed by atoms with van der Waals surface area (Å²) >= 11 is 0. The first-order valence-corrected chi connectivity index (χ1v) is 6.74. The largest absolute Gasteiger partial charge is 0.481 e. The maximum atomic E-state index is 11.3. The molecular formula is C9H19NO4S. The number of carboxylic acids is 1. The molecule has 0 bridgehead atoms. The second kappa shape index (κ2) is 6.79. The number of carbonyl (C=O) groups is 1. The Morgan fingerprint density at radius 2 is 2.07 bits per heavy atom. The van der Waals surface area contributed by atoms with Crippen molar-refractivity contribution in [3.63, 3.8) is 0 Å². The van der Waals surface area contributed by atoms with Crippen LogP contribution in [0.3, 0.4) is 0 Å². The summed E-state index contributed by atoms with van der Waals surface area (Å²) in [6.45, 7) is 3.82. The molecule has 0 aliphatic carbocycles. The van der Waals surface area contributed by atoms with E-state index in [1.165, 1.54) is 0 Å². The van der Waals surface area contributed by atoms with E-state index in [-0.39, 0.29) is 18.2 Å². The zero-order chi connectivity index (χ0) is 11.9. The number of sulfonamides is 1. The molecule has 0 aromatic rings. The van der Waals surface area contributed by atoms with Crippen molar-refractivity contribution in [1.82, 2.24) is 4.72 Å². The summed E-state index contributed by atoms with van der Waals surface area (Å²) in [6, 6.07) is -0.122. The van der Waals surface area contributed by atoms with Gasteiger partial charge < -0.3 is 5.11 Å². The summed E-state index contributed by atoms with van der Waals surface area (Å²) in [4.78, 5) is 10.2. The molecule has 0 saturated carbocycles. The summed E-state index contributed by atoms with van der Waals surface area (Å²) in [6.07, 6.45) is 2.41. The summed E-state index contributed by atoms with van der Waals surface area (Å²) in [5, 5.41) is 8.36. The Hall–Kier alpha value is -0.620. The van der Waals surface area contributed by atoms with Crippen LogP contribution in [0, 0.1) is 0 Å². The first kappa shape index (κ1) is 14.4. The van der Waals surface area contributed by atoms with Crippen LogP contribution in [0.5, 0.6) is 0 Å². The van der Waals surface area contributed by atoms with Gasteiger partial charge >= 0.3 is 5.97 Å². The molecule has 0 aromatic carbocycles. The molecular weight excluding hydrogens is 218 g/mol. The molecule has 0 radical (unpaired) electrons. The third-order valence-electron chi connectivity index (χ3n) is 1.96. The van der Waals surface area contributed by atoms with Gasteiger partial charge in [-0.2, -0.15) is 0 Å². The Morgan fingerprint density at radius 1 is 1.47 bits per heavy atom. The molecule has 0 aliphatic rings. The minimum atomic E-state index is -3.44. The zero-order valence-electron chi connectivity index (χ0n) is 9.19. The van der Waals surface area contributed by atoms with Gasteiger partial charge in [-0.1, -0.05) is 19.8 Å². The van der Waals surface area contributed by atoms with Crippen LogP contribution in [-0.2, 0) is 14.8 Å². The minimum Gasteiger partial charge on any atom is -0.481 e. The monoisotopic (exact) mass is 237 g/mol. The van der Waals surface area contributed by atoms with Crippen molar-refractivity contribution in [3.8, 4) is 0 Å². The lowest BCUT2D eigenvalue weighted by atomic mass is 10.2. The van der Waals surface area contributed by atoms with Gasteiger partial charge in [0.15, 0.2) is 0 Å². The molecule has 0 spiro atoms. The summed E-state index contributed by atoms with van der Waals surface area (Å²) in [5.41, 5.74) is 0. The Bertz CT molecular complexity index is 286. The lowest BCUT2D eigenvalue weighted by molar-refractivity contribution is -0.136. The summed E-state index contributed by atoms with van der Waals surface area (Å²) in [7, 11) is -3.44. The zero-order valence-corrected chi connectivity index (χ0v) is 10.0. The molecule has 2 N–H and O–H groups in total. The average molecular weight is 237 g/mol.